The summed E-state index contributed by atoms with van der Waals surface area (Å²) >= 11 is 0. The molecule has 22 heavy (non-hydrogen) atoms. The fourth-order valence-corrected chi connectivity index (χ4v) is 2.16. The smallest absolute Gasteiger partial charge is 0.233 e. The number of anilines is 1. The molecule has 1 heterocycles. The average molecular weight is 300 g/mol. The lowest BCUT2D eigenvalue weighted by atomic mass is 10.2. The van der Waals surface area contributed by atoms with Crippen LogP contribution in [0.3, 0.4) is 0 Å². The van der Waals surface area contributed by atoms with Gasteiger partial charge in [0, 0.05) is 31.9 Å². The van der Waals surface area contributed by atoms with E-state index in [1.807, 2.05) is 6.07 Å². The summed E-state index contributed by atoms with van der Waals surface area (Å²) in [5.74, 6) is -0.649. The van der Waals surface area contributed by atoms with Gasteiger partial charge in [0.15, 0.2) is 0 Å². The van der Waals surface area contributed by atoms with Crippen molar-refractivity contribution >= 4 is 23.9 Å². The first-order valence-electron chi connectivity index (χ1n) is 6.89. The Morgan fingerprint density at radius 2 is 1.82 bits per heavy atom. The number of hydrogen-bond acceptors (Lipinski definition) is 4. The standard InChI is InChI=1S/C15H16N4O3/c16-10-12-1-3-13(4-2-12)17-14(21)9-15(22)19-7-5-18(11-20)6-8-19/h1-4,11H,5-9H2,(H,17,21). The van der Waals surface area contributed by atoms with E-state index in [1.165, 1.54) is 0 Å². The molecule has 1 aromatic rings. The number of carbonyl (C=O) groups excluding carboxylic acids is 3. The molecule has 0 atom stereocenters. The summed E-state index contributed by atoms with van der Waals surface area (Å²) < 4.78 is 0. The fraction of sp³-hybridized carbons (Fsp3) is 0.333. The van der Waals surface area contributed by atoms with Gasteiger partial charge >= 0.3 is 0 Å². The third kappa shape index (κ3) is 4.06. The summed E-state index contributed by atoms with van der Waals surface area (Å²) in [5, 5.41) is 11.3. The summed E-state index contributed by atoms with van der Waals surface area (Å²) in [6.45, 7) is 1.88. The molecule has 1 N–H and O–H groups in total. The van der Waals surface area contributed by atoms with Crippen LogP contribution >= 0.6 is 0 Å². The van der Waals surface area contributed by atoms with Crippen LogP contribution in [0.25, 0.3) is 0 Å². The normalized spacial score (nSPS) is 14.1. The molecule has 0 radical (unpaired) electrons. The number of nitrogens with zero attached hydrogens (tertiary/aromatic N) is 3. The molecule has 1 aromatic carbocycles. The van der Waals surface area contributed by atoms with E-state index in [1.54, 1.807) is 34.1 Å². The van der Waals surface area contributed by atoms with E-state index >= 15 is 0 Å². The van der Waals surface area contributed by atoms with E-state index in [9.17, 15) is 14.4 Å². The summed E-state index contributed by atoms with van der Waals surface area (Å²) in [6.07, 6.45) is 0.528. The van der Waals surface area contributed by atoms with Gasteiger partial charge in [-0.25, -0.2) is 0 Å². The Bertz CT molecular complexity index is 598. The van der Waals surface area contributed by atoms with E-state index in [0.717, 1.165) is 6.41 Å². The van der Waals surface area contributed by atoms with Gasteiger partial charge in [0.2, 0.25) is 18.2 Å². The molecule has 1 saturated heterocycles. The lowest BCUT2D eigenvalue weighted by molar-refractivity contribution is -0.137. The first kappa shape index (κ1) is 15.5. The second-order valence-corrected chi connectivity index (χ2v) is 4.94. The zero-order valence-electron chi connectivity index (χ0n) is 12.0. The van der Waals surface area contributed by atoms with Gasteiger partial charge in [0.05, 0.1) is 11.6 Å². The molecular formula is C15H16N4O3. The predicted molar refractivity (Wildman–Crippen MR) is 78.6 cm³/mol. The zero-order valence-corrected chi connectivity index (χ0v) is 12.0. The maximum absolute atomic E-state index is 12.0. The fourth-order valence-electron chi connectivity index (χ4n) is 2.16. The van der Waals surface area contributed by atoms with Gasteiger partial charge in [-0.3, -0.25) is 14.4 Å². The first-order chi connectivity index (χ1) is 10.6. The van der Waals surface area contributed by atoms with Crippen LogP contribution in [0.15, 0.2) is 24.3 Å². The molecule has 7 nitrogen and oxygen atoms in total. The van der Waals surface area contributed by atoms with Crippen molar-refractivity contribution in [1.82, 2.24) is 9.80 Å². The molecule has 3 amide bonds. The Morgan fingerprint density at radius 1 is 1.18 bits per heavy atom. The van der Waals surface area contributed by atoms with Crippen molar-refractivity contribution in [2.24, 2.45) is 0 Å². The minimum atomic E-state index is -0.396. The van der Waals surface area contributed by atoms with Crippen molar-refractivity contribution in [3.05, 3.63) is 29.8 Å². The Labute approximate surface area is 128 Å². The van der Waals surface area contributed by atoms with Crippen LogP contribution in [0.2, 0.25) is 0 Å². The molecule has 1 aliphatic heterocycles. The molecular weight excluding hydrogens is 284 g/mol. The van der Waals surface area contributed by atoms with E-state index in [2.05, 4.69) is 5.32 Å². The Kier molecular flexibility index (Phi) is 5.09. The van der Waals surface area contributed by atoms with Crippen LogP contribution in [-0.2, 0) is 14.4 Å². The highest BCUT2D eigenvalue weighted by atomic mass is 16.2. The van der Waals surface area contributed by atoms with Crippen molar-refractivity contribution < 1.29 is 14.4 Å². The van der Waals surface area contributed by atoms with E-state index in [-0.39, 0.29) is 12.3 Å². The predicted octanol–water partition coefficient (Wildman–Crippen LogP) is 0.187. The van der Waals surface area contributed by atoms with E-state index in [0.29, 0.717) is 37.4 Å². The highest BCUT2D eigenvalue weighted by Gasteiger charge is 2.21. The van der Waals surface area contributed by atoms with Crippen molar-refractivity contribution in [3.63, 3.8) is 0 Å². The number of nitrogens with one attached hydrogen (secondary N) is 1. The maximum Gasteiger partial charge on any atom is 0.233 e. The van der Waals surface area contributed by atoms with Crippen LogP contribution in [0.4, 0.5) is 5.69 Å². The van der Waals surface area contributed by atoms with Gasteiger partial charge < -0.3 is 15.1 Å². The average Bonchev–Trinajstić information content (AvgIpc) is 2.55. The number of piperazine rings is 1. The number of carbonyl (C=O) groups is 3. The van der Waals surface area contributed by atoms with Gasteiger partial charge in [-0.05, 0) is 24.3 Å². The topological polar surface area (TPSA) is 93.5 Å². The first-order valence-corrected chi connectivity index (χ1v) is 6.89. The van der Waals surface area contributed by atoms with Crippen molar-refractivity contribution in [1.29, 1.82) is 5.26 Å². The molecule has 0 spiro atoms. The Morgan fingerprint density at radius 3 is 2.36 bits per heavy atom. The molecule has 1 fully saturated rings. The zero-order chi connectivity index (χ0) is 15.9. The SMILES string of the molecule is N#Cc1ccc(NC(=O)CC(=O)N2CCN(C=O)CC2)cc1. The summed E-state index contributed by atoms with van der Waals surface area (Å²) in [6, 6.07) is 8.41. The lowest BCUT2D eigenvalue weighted by Gasteiger charge is -2.32. The quantitative estimate of drug-likeness (QED) is 0.634. The van der Waals surface area contributed by atoms with Crippen molar-refractivity contribution in [2.75, 3.05) is 31.5 Å². The largest absolute Gasteiger partial charge is 0.342 e. The second kappa shape index (κ2) is 7.22. The van der Waals surface area contributed by atoms with Crippen LogP contribution < -0.4 is 5.32 Å². The van der Waals surface area contributed by atoms with Crippen molar-refractivity contribution in [2.45, 2.75) is 6.42 Å². The molecule has 2 rings (SSSR count). The summed E-state index contributed by atoms with van der Waals surface area (Å²) in [7, 11) is 0. The highest BCUT2D eigenvalue weighted by molar-refractivity contribution is 6.03. The molecule has 1 aliphatic rings. The minimum absolute atomic E-state index is 0.235. The van der Waals surface area contributed by atoms with E-state index in [4.69, 9.17) is 5.26 Å². The van der Waals surface area contributed by atoms with Crippen LogP contribution in [0.5, 0.6) is 0 Å². The van der Waals surface area contributed by atoms with Gasteiger partial charge in [0.25, 0.3) is 0 Å². The highest BCUT2D eigenvalue weighted by Crippen LogP contribution is 2.10. The molecule has 0 bridgehead atoms. The monoisotopic (exact) mass is 300 g/mol. The van der Waals surface area contributed by atoms with Gasteiger partial charge in [-0.1, -0.05) is 0 Å². The van der Waals surface area contributed by atoms with Crippen LogP contribution in [0.1, 0.15) is 12.0 Å². The summed E-state index contributed by atoms with van der Waals surface area (Å²) in [4.78, 5) is 37.6. The van der Waals surface area contributed by atoms with E-state index < -0.39 is 5.91 Å². The molecule has 0 aromatic heterocycles. The summed E-state index contributed by atoms with van der Waals surface area (Å²) in [5.41, 5.74) is 1.05. The van der Waals surface area contributed by atoms with Crippen molar-refractivity contribution in [3.8, 4) is 6.07 Å². The van der Waals surface area contributed by atoms with Crippen LogP contribution in [-0.4, -0.2) is 54.2 Å². The third-order valence-electron chi connectivity index (χ3n) is 3.43. The maximum atomic E-state index is 12.0. The number of nitriles is 1. The number of rotatable bonds is 4. The van der Waals surface area contributed by atoms with Gasteiger partial charge in [0.1, 0.15) is 6.42 Å². The molecule has 114 valence electrons. The number of benzene rings is 1. The molecule has 0 saturated carbocycles. The second-order valence-electron chi connectivity index (χ2n) is 4.94. The molecule has 0 aliphatic carbocycles. The number of hydrogen-bond donors (Lipinski definition) is 1. The van der Waals surface area contributed by atoms with Crippen LogP contribution in [0, 0.1) is 11.3 Å². The molecule has 7 heteroatoms. The third-order valence-corrected chi connectivity index (χ3v) is 3.43. The lowest BCUT2D eigenvalue weighted by Crippen LogP contribution is -2.48. The Balaban J connectivity index is 1.82. The minimum Gasteiger partial charge on any atom is -0.342 e. The molecule has 0 unspecified atom stereocenters. The number of amides is 3. The van der Waals surface area contributed by atoms with Gasteiger partial charge in [-0.15, -0.1) is 0 Å². The Hall–Kier alpha value is -2.88. The van der Waals surface area contributed by atoms with Gasteiger partial charge in [-0.2, -0.15) is 5.26 Å².